The summed E-state index contributed by atoms with van der Waals surface area (Å²) in [5.74, 6) is 0. The molecule has 118 heavy (non-hydrogen) atoms. The van der Waals surface area contributed by atoms with E-state index in [2.05, 4.69) is 226 Å². The van der Waals surface area contributed by atoms with Gasteiger partial charge < -0.3 is 4.98 Å². The zero-order chi connectivity index (χ0) is 79.3. The Morgan fingerprint density at radius 1 is 0.398 bits per heavy atom. The van der Waals surface area contributed by atoms with Crippen molar-refractivity contribution in [2.75, 3.05) is 0 Å². The summed E-state index contributed by atoms with van der Waals surface area (Å²) in [7, 11) is 14.0. The van der Waals surface area contributed by atoms with Crippen LogP contribution in [0.3, 0.4) is 0 Å². The molecule has 7 radical (unpaired) electrons. The van der Waals surface area contributed by atoms with Crippen molar-refractivity contribution < 1.29 is 141 Å². The second kappa shape index (κ2) is 49.7. The van der Waals surface area contributed by atoms with Crippen molar-refractivity contribution in [3.8, 4) is 0 Å². The first kappa shape index (κ1) is 103. The van der Waals surface area contributed by atoms with Gasteiger partial charge in [-0.15, -0.1) is 36.4 Å². The monoisotopic (exact) mass is 2820 g/mol. The minimum absolute atomic E-state index is 0. The van der Waals surface area contributed by atoms with Crippen LogP contribution in [0, 0.1) is 41.5 Å². The largest absolute Gasteiger partial charge is 0.654 e. The van der Waals surface area contributed by atoms with Crippen LogP contribution in [0.5, 0.6) is 0 Å². The summed E-state index contributed by atoms with van der Waals surface area (Å²) in [5, 5.41) is 0. The number of hydrogen-bond donors (Lipinski definition) is 0. The number of allylic oxidation sites excluding steroid dienone is 8. The van der Waals surface area contributed by atoms with Gasteiger partial charge in [-0.3, -0.25) is 37.0 Å². The molecule has 23 heteroatoms. The molecule has 14 aromatic rings. The predicted octanol–water partition coefficient (Wildman–Crippen LogP) is 19.8. The zero-order valence-corrected chi connectivity index (χ0v) is 84.8. The average molecular weight is 2810 g/mol. The third-order valence-electron chi connectivity index (χ3n) is 18.3. The fourth-order valence-corrected chi connectivity index (χ4v) is 12.6. The maximum absolute atomic E-state index is 4.17. The molecule has 0 aliphatic heterocycles. The minimum atomic E-state index is 0. The number of rotatable bonds is 13. The van der Waals surface area contributed by atoms with E-state index < -0.39 is 0 Å². The van der Waals surface area contributed by atoms with E-state index in [9.17, 15) is 0 Å². The first-order valence-corrected chi connectivity index (χ1v) is 36.4. The zero-order valence-electron chi connectivity index (χ0n) is 68.1. The molecule has 0 spiro atoms. The van der Waals surface area contributed by atoms with Gasteiger partial charge in [0, 0.05) is 196 Å². The fraction of sp³-hybridized carbons (Fsp3) is 0.116. The van der Waals surface area contributed by atoms with Crippen molar-refractivity contribution in [1.29, 1.82) is 0 Å². The molecule has 0 saturated carbocycles. The predicted molar refractivity (Wildman–Crippen MR) is 461 cm³/mol. The quantitative estimate of drug-likeness (QED) is 0.108. The molecule has 0 fully saturated rings. The summed E-state index contributed by atoms with van der Waals surface area (Å²) >= 11 is 0. The van der Waals surface area contributed by atoms with Crippen molar-refractivity contribution in [2.45, 2.75) is 27.2 Å². The SMILES string of the molecule is C=C(c1ccc[n-]1)n1ccn(C)[cH+]1.C=C(c1ccccc1[CH2-])n1ccn(C)[cH+]1.C=C(c1cnccc1[CH2-])n1ccn(C)[cH+]1.[CH2-]c1cccc2c1C(n1ccn(C)[cH+]1)=CC2.[CH2-]c1ccccc1/C(=C/C)n1ccn(C)[cH+]1.[CH2-]c1ccccc1C(=C(C)C)n1ccn(C)[cH+]1.[CH2-]c1ccccc1C(=C1C=CC=C1)n1ccn(C)[cH+]1.[Ir].[Ir].[Ir].[Ir].[Ir].[Ir].[Ir]. The summed E-state index contributed by atoms with van der Waals surface area (Å²) in [4.78, 5) is 8.25. The van der Waals surface area contributed by atoms with E-state index >= 15 is 0 Å². The van der Waals surface area contributed by atoms with Crippen LogP contribution in [0.4, 0.5) is 0 Å². The molecule has 16 rings (SSSR count). The van der Waals surface area contributed by atoms with Gasteiger partial charge in [0.1, 0.15) is 92.5 Å². The molecule has 0 amide bonds. The van der Waals surface area contributed by atoms with Crippen LogP contribution in [-0.4, -0.2) is 68.9 Å². The van der Waals surface area contributed by atoms with Crippen LogP contribution in [0.1, 0.15) is 98.8 Å². The van der Waals surface area contributed by atoms with Gasteiger partial charge in [-0.1, -0.05) is 118 Å². The first-order chi connectivity index (χ1) is 53.5. The van der Waals surface area contributed by atoms with E-state index in [0.717, 1.165) is 90.7 Å². The number of pyridine rings is 1. The van der Waals surface area contributed by atoms with E-state index in [1.54, 1.807) is 18.6 Å². The van der Waals surface area contributed by atoms with Crippen molar-refractivity contribution in [1.82, 2.24) is 73.9 Å². The van der Waals surface area contributed by atoms with E-state index in [0.29, 0.717) is 0 Å². The third-order valence-corrected chi connectivity index (χ3v) is 18.3. The first-order valence-electron chi connectivity index (χ1n) is 36.4. The molecule has 0 unspecified atom stereocenters. The van der Waals surface area contributed by atoms with Gasteiger partial charge in [0.25, 0.3) is 0 Å². The van der Waals surface area contributed by atoms with Crippen LogP contribution in [0.2, 0.25) is 0 Å². The van der Waals surface area contributed by atoms with Crippen molar-refractivity contribution in [3.05, 3.63) is 470 Å². The van der Waals surface area contributed by atoms with Crippen LogP contribution in [0.15, 0.2) is 350 Å². The van der Waals surface area contributed by atoms with Gasteiger partial charge >= 0.3 is 0 Å². The van der Waals surface area contributed by atoms with Gasteiger partial charge in [-0.05, 0) is 94.8 Å². The van der Waals surface area contributed by atoms with Gasteiger partial charge in [0.15, 0.2) is 44.3 Å². The Kier molecular flexibility index (Phi) is 43.2. The normalized spacial score (nSPS) is 10.8. The maximum Gasteiger partial charge on any atom is 0.166 e. The molecule has 0 N–H and O–H groups in total. The van der Waals surface area contributed by atoms with Crippen LogP contribution in [0.25, 0.3) is 39.9 Å². The fourth-order valence-electron chi connectivity index (χ4n) is 12.6. The summed E-state index contributed by atoms with van der Waals surface area (Å²) in [6.45, 7) is 42.7. The second-order valence-corrected chi connectivity index (χ2v) is 27.2. The van der Waals surface area contributed by atoms with E-state index in [1.165, 1.54) is 44.8 Å². The number of hydrogen-bond acceptors (Lipinski definition) is 1. The average Bonchev–Trinajstić information content (AvgIpc) is 1.63. The molecule has 5 aromatic carbocycles. The molecule has 0 atom stereocenters. The molecule has 2 aliphatic carbocycles. The number of aryl methyl sites for hydroxylation is 7. The molecular formula is C95H102Ir7N16. The third kappa shape index (κ3) is 27.5. The Labute approximate surface area is 792 Å². The number of benzene rings is 5. The Morgan fingerprint density at radius 3 is 1.22 bits per heavy atom. The van der Waals surface area contributed by atoms with Gasteiger partial charge in [0.05, 0.1) is 34.2 Å². The Hall–Kier alpha value is -9.57. The van der Waals surface area contributed by atoms with Crippen molar-refractivity contribution in [2.24, 2.45) is 49.3 Å². The standard InChI is InChI=1S/C17H16N2.C15H18N2.C14H14N2.C14H16N2.C13H14N2.C12H13N3.C10H11N3.7Ir/c1-14-7-3-6-10-16(14)17(15-8-4-5-9-15)19-12-11-18(2)13-19;1-12(2)15(17-10-9-16(4)11-17)14-8-6-5-7-13(14)3;1-11-4-3-5-12-6-7-13(14(11)12)16-9-8-15(2)10-16;1-4-14(16-10-9-15(3)11-16)13-8-6-5-7-12(13)2;1-11-6-4-5-7-13(11)12(2)15-9-8-14(3)10-15;1-10-4-5-13-8-12(10)11(2)15-7-6-14(3)9-15;1-9(10-4-3-5-11-10)13-7-6-12(2)8-13;;;;;;;/h3-13H,1H2,2H3;5-11H,3H2,1-2,4H3;3-5,7-10H,1,6H2,2H3;4-11H,2H2,1,3H3;4-10H,1-2H2,3H3;4-9H,1-2H2,3H3;3-8H,1H2,2H3;;;;;;;/b;;;14-4-;;;;;;;;;;. The number of fused-ring (bicyclic) bond motifs is 1. The Morgan fingerprint density at radius 2 is 0.797 bits per heavy atom. The molecule has 0 bridgehead atoms. The van der Waals surface area contributed by atoms with Gasteiger partial charge in [-0.2, -0.15) is 143 Å². The van der Waals surface area contributed by atoms with Crippen molar-refractivity contribution >= 4 is 39.9 Å². The van der Waals surface area contributed by atoms with Crippen LogP contribution in [-0.2, 0) is 196 Å². The molecule has 625 valence electrons. The van der Waals surface area contributed by atoms with Crippen LogP contribution >= 0.6 is 0 Å². The van der Waals surface area contributed by atoms with Gasteiger partial charge in [-0.25, -0.2) is 0 Å². The van der Waals surface area contributed by atoms with Gasteiger partial charge in [0.2, 0.25) is 0 Å². The van der Waals surface area contributed by atoms with Crippen molar-refractivity contribution in [3.63, 3.8) is 0 Å². The topological polar surface area (TPSA) is 96.0 Å². The summed E-state index contributed by atoms with van der Waals surface area (Å²) in [5.41, 5.74) is 25.3. The maximum atomic E-state index is 4.17. The summed E-state index contributed by atoms with van der Waals surface area (Å²) in [6, 6.07) is 44.7. The van der Waals surface area contributed by atoms with E-state index in [1.807, 2.05) is 280 Å². The molecular weight excluding hydrogens is 2710 g/mol. The van der Waals surface area contributed by atoms with Crippen LogP contribution < -0.4 is 4.98 Å². The molecule has 9 aromatic heterocycles. The minimum Gasteiger partial charge on any atom is -0.654 e. The molecule has 9 heterocycles. The molecule has 16 nitrogen and oxygen atoms in total. The number of aromatic nitrogens is 16. The number of nitrogens with zero attached hydrogens (tertiary/aromatic N) is 16. The second-order valence-electron chi connectivity index (χ2n) is 27.2. The Balaban J connectivity index is 0.000000353. The Bertz CT molecular complexity index is 5610. The summed E-state index contributed by atoms with van der Waals surface area (Å²) < 4.78 is 28.5. The molecule has 2 aliphatic rings. The van der Waals surface area contributed by atoms with E-state index in [4.69, 9.17) is 0 Å². The van der Waals surface area contributed by atoms with E-state index in [-0.39, 0.29) is 141 Å². The summed E-state index contributed by atoms with van der Waals surface area (Å²) in [6.07, 6.45) is 61.4. The smallest absolute Gasteiger partial charge is 0.166 e. The molecule has 0 saturated heterocycles. The number of imidazole rings is 7.